The standard InChI is InChI=1S/C10H7BrF2N4/c11-4-1-2-5(12)8(9(4)13)6-3-7(14)17-10(15)16-6/h1-3H,(H4,14,15,16,17). The summed E-state index contributed by atoms with van der Waals surface area (Å²) in [6.45, 7) is 0. The highest BCUT2D eigenvalue weighted by atomic mass is 79.9. The number of rotatable bonds is 1. The molecule has 4 N–H and O–H groups in total. The van der Waals surface area contributed by atoms with Crippen LogP contribution in [0.25, 0.3) is 11.3 Å². The highest BCUT2D eigenvalue weighted by Gasteiger charge is 2.16. The molecule has 0 unspecified atom stereocenters. The van der Waals surface area contributed by atoms with Crippen LogP contribution in [0.4, 0.5) is 20.5 Å². The number of benzene rings is 1. The minimum atomic E-state index is -0.762. The van der Waals surface area contributed by atoms with Crippen molar-refractivity contribution in [2.45, 2.75) is 0 Å². The van der Waals surface area contributed by atoms with Crippen molar-refractivity contribution in [2.75, 3.05) is 11.5 Å². The molecule has 0 saturated carbocycles. The number of nitrogens with zero attached hydrogens (tertiary/aromatic N) is 2. The second kappa shape index (κ2) is 4.25. The van der Waals surface area contributed by atoms with Gasteiger partial charge in [0, 0.05) is 6.07 Å². The summed E-state index contributed by atoms with van der Waals surface area (Å²) < 4.78 is 27.5. The number of hydrogen-bond acceptors (Lipinski definition) is 4. The van der Waals surface area contributed by atoms with Gasteiger partial charge in [-0.3, -0.25) is 0 Å². The van der Waals surface area contributed by atoms with Gasteiger partial charge in [-0.25, -0.2) is 13.8 Å². The van der Waals surface area contributed by atoms with Crippen molar-refractivity contribution in [2.24, 2.45) is 0 Å². The van der Waals surface area contributed by atoms with Gasteiger partial charge in [0.25, 0.3) is 0 Å². The molecule has 0 amide bonds. The van der Waals surface area contributed by atoms with E-state index in [0.29, 0.717) is 0 Å². The number of hydrogen-bond donors (Lipinski definition) is 2. The van der Waals surface area contributed by atoms with E-state index in [-0.39, 0.29) is 27.5 Å². The number of anilines is 2. The van der Waals surface area contributed by atoms with Gasteiger partial charge in [0.15, 0.2) is 0 Å². The van der Waals surface area contributed by atoms with Crippen molar-refractivity contribution in [1.29, 1.82) is 0 Å². The van der Waals surface area contributed by atoms with Crippen molar-refractivity contribution in [3.63, 3.8) is 0 Å². The average Bonchev–Trinajstić information content (AvgIpc) is 2.23. The van der Waals surface area contributed by atoms with Crippen molar-refractivity contribution in [3.8, 4) is 11.3 Å². The van der Waals surface area contributed by atoms with E-state index in [9.17, 15) is 8.78 Å². The third kappa shape index (κ3) is 2.19. The summed E-state index contributed by atoms with van der Waals surface area (Å²) in [6.07, 6.45) is 0. The zero-order chi connectivity index (χ0) is 12.6. The van der Waals surface area contributed by atoms with Crippen LogP contribution < -0.4 is 11.5 Å². The summed E-state index contributed by atoms with van der Waals surface area (Å²) >= 11 is 2.97. The molecule has 2 rings (SSSR count). The molecular weight excluding hydrogens is 294 g/mol. The van der Waals surface area contributed by atoms with Crippen LogP contribution in [0, 0.1) is 11.6 Å². The number of halogens is 3. The predicted molar refractivity (Wildman–Crippen MR) is 63.9 cm³/mol. The fraction of sp³-hybridized carbons (Fsp3) is 0. The maximum absolute atomic E-state index is 13.8. The largest absolute Gasteiger partial charge is 0.384 e. The molecule has 0 aliphatic carbocycles. The number of aromatic nitrogens is 2. The first-order valence-electron chi connectivity index (χ1n) is 4.53. The molecular formula is C10H7BrF2N4. The predicted octanol–water partition coefficient (Wildman–Crippen LogP) is 2.35. The van der Waals surface area contributed by atoms with Gasteiger partial charge in [0.1, 0.15) is 17.5 Å². The van der Waals surface area contributed by atoms with Crippen molar-refractivity contribution >= 4 is 27.7 Å². The van der Waals surface area contributed by atoms with E-state index in [1.54, 1.807) is 0 Å². The molecule has 7 heteroatoms. The van der Waals surface area contributed by atoms with Crippen LogP contribution in [-0.2, 0) is 0 Å². The topological polar surface area (TPSA) is 77.8 Å². The lowest BCUT2D eigenvalue weighted by Crippen LogP contribution is -2.02. The summed E-state index contributed by atoms with van der Waals surface area (Å²) in [4.78, 5) is 7.38. The maximum atomic E-state index is 13.8. The Hall–Kier alpha value is -1.76. The van der Waals surface area contributed by atoms with Crippen LogP contribution in [0.1, 0.15) is 0 Å². The second-order valence-corrected chi connectivity index (χ2v) is 4.11. The fourth-order valence-electron chi connectivity index (χ4n) is 1.38. The first-order valence-corrected chi connectivity index (χ1v) is 5.32. The summed E-state index contributed by atoms with van der Waals surface area (Å²) in [5.41, 5.74) is 10.5. The van der Waals surface area contributed by atoms with Gasteiger partial charge >= 0.3 is 0 Å². The normalized spacial score (nSPS) is 10.5. The maximum Gasteiger partial charge on any atom is 0.222 e. The van der Waals surface area contributed by atoms with E-state index < -0.39 is 11.6 Å². The molecule has 0 atom stereocenters. The van der Waals surface area contributed by atoms with Gasteiger partial charge in [-0.2, -0.15) is 4.98 Å². The molecule has 17 heavy (non-hydrogen) atoms. The summed E-state index contributed by atoms with van der Waals surface area (Å²) in [5, 5.41) is 0. The van der Waals surface area contributed by atoms with Gasteiger partial charge < -0.3 is 11.5 Å². The molecule has 2 aromatic rings. The summed E-state index contributed by atoms with van der Waals surface area (Å²) in [6, 6.07) is 3.64. The van der Waals surface area contributed by atoms with Crippen molar-refractivity contribution in [3.05, 3.63) is 34.3 Å². The Balaban J connectivity index is 2.72. The van der Waals surface area contributed by atoms with E-state index in [4.69, 9.17) is 11.5 Å². The lowest BCUT2D eigenvalue weighted by atomic mass is 10.1. The zero-order valence-electron chi connectivity index (χ0n) is 8.42. The second-order valence-electron chi connectivity index (χ2n) is 3.25. The molecule has 0 radical (unpaired) electrons. The first-order chi connectivity index (χ1) is 7.99. The highest BCUT2D eigenvalue weighted by Crippen LogP contribution is 2.30. The Kier molecular flexibility index (Phi) is 2.93. The van der Waals surface area contributed by atoms with E-state index in [2.05, 4.69) is 25.9 Å². The van der Waals surface area contributed by atoms with Crippen LogP contribution in [0.5, 0.6) is 0 Å². The van der Waals surface area contributed by atoms with Gasteiger partial charge in [-0.1, -0.05) is 0 Å². The SMILES string of the molecule is Nc1cc(-c2c(F)ccc(Br)c2F)nc(N)n1. The van der Waals surface area contributed by atoms with Gasteiger partial charge in [0.2, 0.25) is 5.95 Å². The third-order valence-corrected chi connectivity index (χ3v) is 2.68. The van der Waals surface area contributed by atoms with E-state index in [1.165, 1.54) is 12.1 Å². The van der Waals surface area contributed by atoms with Crippen LogP contribution in [0.3, 0.4) is 0 Å². The summed E-state index contributed by atoms with van der Waals surface area (Å²) in [7, 11) is 0. The lowest BCUT2D eigenvalue weighted by molar-refractivity contribution is 0.584. The monoisotopic (exact) mass is 300 g/mol. The Morgan fingerprint density at radius 1 is 1.12 bits per heavy atom. The Bertz CT molecular complexity index is 569. The molecule has 1 heterocycles. The first kappa shape index (κ1) is 11.7. The minimum absolute atomic E-state index is 0.00583. The molecule has 0 spiro atoms. The smallest absolute Gasteiger partial charge is 0.222 e. The molecule has 0 saturated heterocycles. The Morgan fingerprint density at radius 2 is 1.82 bits per heavy atom. The van der Waals surface area contributed by atoms with E-state index in [1.807, 2.05) is 0 Å². The van der Waals surface area contributed by atoms with Crippen LogP contribution in [0.15, 0.2) is 22.7 Å². The Labute approximate surface area is 104 Å². The highest BCUT2D eigenvalue weighted by molar-refractivity contribution is 9.10. The fourth-order valence-corrected chi connectivity index (χ4v) is 1.71. The Morgan fingerprint density at radius 3 is 2.47 bits per heavy atom. The number of nitrogens with two attached hydrogens (primary N) is 2. The summed E-state index contributed by atoms with van der Waals surface area (Å²) in [5.74, 6) is -1.60. The van der Waals surface area contributed by atoms with Crippen molar-refractivity contribution in [1.82, 2.24) is 9.97 Å². The zero-order valence-corrected chi connectivity index (χ0v) is 10.0. The number of nitrogen functional groups attached to an aromatic ring is 2. The molecule has 88 valence electrons. The quantitative estimate of drug-likeness (QED) is 0.793. The van der Waals surface area contributed by atoms with Gasteiger partial charge in [0.05, 0.1) is 15.7 Å². The van der Waals surface area contributed by atoms with Gasteiger partial charge in [-0.05, 0) is 28.1 Å². The molecule has 4 nitrogen and oxygen atoms in total. The average molecular weight is 301 g/mol. The molecule has 0 bridgehead atoms. The molecule has 1 aromatic heterocycles. The minimum Gasteiger partial charge on any atom is -0.384 e. The van der Waals surface area contributed by atoms with Crippen molar-refractivity contribution < 1.29 is 8.78 Å². The van der Waals surface area contributed by atoms with Crippen LogP contribution in [-0.4, -0.2) is 9.97 Å². The van der Waals surface area contributed by atoms with Crippen LogP contribution in [0.2, 0.25) is 0 Å². The van der Waals surface area contributed by atoms with E-state index >= 15 is 0 Å². The molecule has 0 aliphatic heterocycles. The molecule has 0 fully saturated rings. The van der Waals surface area contributed by atoms with E-state index in [0.717, 1.165) is 6.07 Å². The van der Waals surface area contributed by atoms with Gasteiger partial charge in [-0.15, -0.1) is 0 Å². The molecule has 1 aromatic carbocycles. The molecule has 0 aliphatic rings. The third-order valence-electron chi connectivity index (χ3n) is 2.06. The van der Waals surface area contributed by atoms with Crippen LogP contribution >= 0.6 is 15.9 Å². The lowest BCUT2D eigenvalue weighted by Gasteiger charge is -2.07.